The van der Waals surface area contributed by atoms with Gasteiger partial charge >= 0.3 is 0 Å². The first-order chi connectivity index (χ1) is 14.2. The van der Waals surface area contributed by atoms with Crippen LogP contribution in [-0.2, 0) is 6.54 Å². The number of carbonyl (C=O) groups excluding carboxylic acids is 1. The highest BCUT2D eigenvalue weighted by Gasteiger charge is 2.24. The molecule has 1 aliphatic rings. The van der Waals surface area contributed by atoms with Crippen LogP contribution in [0.15, 0.2) is 65.2 Å². The van der Waals surface area contributed by atoms with Gasteiger partial charge in [-0.1, -0.05) is 47.6 Å². The molecule has 0 saturated carbocycles. The van der Waals surface area contributed by atoms with E-state index in [0.717, 1.165) is 30.9 Å². The Balaban J connectivity index is 1.31. The molecule has 1 saturated heterocycles. The van der Waals surface area contributed by atoms with Crippen molar-refractivity contribution in [1.82, 2.24) is 15.0 Å². The van der Waals surface area contributed by atoms with E-state index in [1.165, 1.54) is 5.56 Å². The summed E-state index contributed by atoms with van der Waals surface area (Å²) in [6.45, 7) is 6.57. The van der Waals surface area contributed by atoms with Gasteiger partial charge in [-0.05, 0) is 24.6 Å². The number of benzene rings is 2. The SMILES string of the molecule is CCOc1ccc(CN2CCN(C(=O)c3cc(-c4ccccc4)on3)CC2)cc1. The van der Waals surface area contributed by atoms with Crippen molar-refractivity contribution in [3.05, 3.63) is 71.9 Å². The maximum atomic E-state index is 12.8. The van der Waals surface area contributed by atoms with Crippen LogP contribution in [0.5, 0.6) is 5.75 Å². The Labute approximate surface area is 170 Å². The van der Waals surface area contributed by atoms with Crippen LogP contribution in [0, 0.1) is 0 Å². The average Bonchev–Trinajstić information content (AvgIpc) is 3.26. The van der Waals surface area contributed by atoms with Crippen LogP contribution in [0.1, 0.15) is 23.0 Å². The molecule has 1 aromatic heterocycles. The van der Waals surface area contributed by atoms with Gasteiger partial charge in [-0.2, -0.15) is 0 Å². The predicted octanol–water partition coefficient (Wildman–Crippen LogP) is 3.70. The van der Waals surface area contributed by atoms with Crippen LogP contribution in [-0.4, -0.2) is 53.6 Å². The van der Waals surface area contributed by atoms with Crippen LogP contribution in [0.3, 0.4) is 0 Å². The minimum absolute atomic E-state index is 0.0725. The normalized spacial score (nSPS) is 14.7. The van der Waals surface area contributed by atoms with Gasteiger partial charge in [0.1, 0.15) is 5.75 Å². The summed E-state index contributed by atoms with van der Waals surface area (Å²) in [5, 5.41) is 3.99. The summed E-state index contributed by atoms with van der Waals surface area (Å²) < 4.78 is 10.9. The van der Waals surface area contributed by atoms with Crippen LogP contribution >= 0.6 is 0 Å². The van der Waals surface area contributed by atoms with Crippen LogP contribution < -0.4 is 4.74 Å². The zero-order valence-corrected chi connectivity index (χ0v) is 16.6. The molecule has 1 aliphatic heterocycles. The predicted molar refractivity (Wildman–Crippen MR) is 111 cm³/mol. The van der Waals surface area contributed by atoms with Crippen molar-refractivity contribution in [2.75, 3.05) is 32.8 Å². The molecule has 3 aromatic rings. The molecule has 1 fully saturated rings. The molecule has 150 valence electrons. The van der Waals surface area contributed by atoms with Crippen molar-refractivity contribution in [3.8, 4) is 17.1 Å². The van der Waals surface area contributed by atoms with Gasteiger partial charge < -0.3 is 14.2 Å². The van der Waals surface area contributed by atoms with E-state index >= 15 is 0 Å². The molecule has 0 radical (unpaired) electrons. The Morgan fingerprint density at radius 1 is 1.03 bits per heavy atom. The summed E-state index contributed by atoms with van der Waals surface area (Å²) in [7, 11) is 0. The summed E-state index contributed by atoms with van der Waals surface area (Å²) in [6, 6.07) is 19.6. The fourth-order valence-corrected chi connectivity index (χ4v) is 3.50. The van der Waals surface area contributed by atoms with Crippen molar-refractivity contribution < 1.29 is 14.1 Å². The number of hydrogen-bond donors (Lipinski definition) is 0. The second-order valence-electron chi connectivity index (χ2n) is 7.09. The number of nitrogens with zero attached hydrogens (tertiary/aromatic N) is 3. The first kappa shape index (κ1) is 19.2. The van der Waals surface area contributed by atoms with Crippen molar-refractivity contribution in [2.45, 2.75) is 13.5 Å². The second kappa shape index (κ2) is 8.92. The smallest absolute Gasteiger partial charge is 0.276 e. The lowest BCUT2D eigenvalue weighted by molar-refractivity contribution is 0.0618. The maximum Gasteiger partial charge on any atom is 0.276 e. The Kier molecular flexibility index (Phi) is 5.91. The summed E-state index contributed by atoms with van der Waals surface area (Å²) in [5.74, 6) is 1.44. The summed E-state index contributed by atoms with van der Waals surface area (Å²) in [4.78, 5) is 17.0. The molecular formula is C23H25N3O3. The van der Waals surface area contributed by atoms with Crippen LogP contribution in [0.25, 0.3) is 11.3 Å². The van der Waals surface area contributed by atoms with E-state index < -0.39 is 0 Å². The third-order valence-electron chi connectivity index (χ3n) is 5.09. The van der Waals surface area contributed by atoms with E-state index in [9.17, 15) is 4.79 Å². The van der Waals surface area contributed by atoms with Crippen LogP contribution in [0.4, 0.5) is 0 Å². The Bertz CT molecular complexity index is 930. The van der Waals surface area contributed by atoms with Crippen molar-refractivity contribution in [3.63, 3.8) is 0 Å². The van der Waals surface area contributed by atoms with Gasteiger partial charge in [0.15, 0.2) is 11.5 Å². The Hall–Kier alpha value is -3.12. The van der Waals surface area contributed by atoms with Crippen molar-refractivity contribution >= 4 is 5.91 Å². The monoisotopic (exact) mass is 391 g/mol. The molecule has 0 atom stereocenters. The highest BCUT2D eigenvalue weighted by atomic mass is 16.5. The molecule has 0 unspecified atom stereocenters. The number of carbonyl (C=O) groups is 1. The van der Waals surface area contributed by atoms with E-state index in [1.54, 1.807) is 6.07 Å². The van der Waals surface area contributed by atoms with Crippen LogP contribution in [0.2, 0.25) is 0 Å². The van der Waals surface area contributed by atoms with Crippen molar-refractivity contribution in [2.24, 2.45) is 0 Å². The van der Waals surface area contributed by atoms with Gasteiger partial charge in [0.25, 0.3) is 5.91 Å². The summed E-state index contributed by atoms with van der Waals surface area (Å²) in [5.41, 5.74) is 2.53. The summed E-state index contributed by atoms with van der Waals surface area (Å²) >= 11 is 0. The molecule has 2 aromatic carbocycles. The second-order valence-corrected chi connectivity index (χ2v) is 7.09. The standard InChI is InChI=1S/C23H25N3O3/c1-2-28-20-10-8-18(9-11-20)17-25-12-14-26(15-13-25)23(27)21-16-22(29-24-21)19-6-4-3-5-7-19/h3-11,16H,2,12-15,17H2,1H3. The number of ether oxygens (including phenoxy) is 1. The minimum Gasteiger partial charge on any atom is -0.494 e. The Morgan fingerprint density at radius 3 is 2.45 bits per heavy atom. The lowest BCUT2D eigenvalue weighted by Gasteiger charge is -2.34. The zero-order valence-electron chi connectivity index (χ0n) is 16.6. The molecule has 6 nitrogen and oxygen atoms in total. The maximum absolute atomic E-state index is 12.8. The van der Waals surface area contributed by atoms with Gasteiger partial charge in [0.2, 0.25) is 0 Å². The molecule has 0 aliphatic carbocycles. The fraction of sp³-hybridized carbons (Fsp3) is 0.304. The molecule has 0 spiro atoms. The number of rotatable bonds is 6. The summed E-state index contributed by atoms with van der Waals surface area (Å²) in [6.07, 6.45) is 0. The fourth-order valence-electron chi connectivity index (χ4n) is 3.50. The third kappa shape index (κ3) is 4.66. The highest BCUT2D eigenvalue weighted by Crippen LogP contribution is 2.21. The number of piperazine rings is 1. The molecule has 2 heterocycles. The van der Waals surface area contributed by atoms with E-state index in [4.69, 9.17) is 9.26 Å². The molecule has 29 heavy (non-hydrogen) atoms. The van der Waals surface area contributed by atoms with E-state index in [-0.39, 0.29) is 5.91 Å². The number of hydrogen-bond acceptors (Lipinski definition) is 5. The van der Waals surface area contributed by atoms with Gasteiger partial charge in [0, 0.05) is 44.4 Å². The third-order valence-corrected chi connectivity index (χ3v) is 5.09. The van der Waals surface area contributed by atoms with E-state index in [2.05, 4.69) is 22.2 Å². The van der Waals surface area contributed by atoms with Gasteiger partial charge in [-0.15, -0.1) is 0 Å². The lowest BCUT2D eigenvalue weighted by Crippen LogP contribution is -2.48. The van der Waals surface area contributed by atoms with Gasteiger partial charge in [-0.25, -0.2) is 0 Å². The number of amides is 1. The average molecular weight is 391 g/mol. The molecule has 4 rings (SSSR count). The van der Waals surface area contributed by atoms with Gasteiger partial charge in [0.05, 0.1) is 6.61 Å². The zero-order chi connectivity index (χ0) is 20.1. The topological polar surface area (TPSA) is 58.8 Å². The first-order valence-electron chi connectivity index (χ1n) is 9.98. The van der Waals surface area contributed by atoms with E-state index in [1.807, 2.05) is 54.3 Å². The molecule has 1 amide bonds. The quantitative estimate of drug-likeness (QED) is 0.641. The molecule has 0 N–H and O–H groups in total. The number of aromatic nitrogens is 1. The Morgan fingerprint density at radius 2 is 1.76 bits per heavy atom. The first-order valence-corrected chi connectivity index (χ1v) is 9.98. The lowest BCUT2D eigenvalue weighted by atomic mass is 10.1. The molecular weight excluding hydrogens is 366 g/mol. The molecule has 0 bridgehead atoms. The molecule has 6 heteroatoms. The minimum atomic E-state index is -0.0725. The van der Waals surface area contributed by atoms with Crippen molar-refractivity contribution in [1.29, 1.82) is 0 Å². The van der Waals surface area contributed by atoms with Gasteiger partial charge in [-0.3, -0.25) is 9.69 Å². The van der Waals surface area contributed by atoms with E-state index in [0.29, 0.717) is 31.2 Å². The highest BCUT2D eigenvalue weighted by molar-refractivity contribution is 5.93. The largest absolute Gasteiger partial charge is 0.494 e.